The largest absolute Gasteiger partial charge is 0.496 e. The molecule has 1 aliphatic heterocycles. The van der Waals surface area contributed by atoms with Crippen LogP contribution in [-0.2, 0) is 22.3 Å². The lowest BCUT2D eigenvalue weighted by molar-refractivity contribution is 0.259. The number of aryl methyl sites for hydroxylation is 1. The molecule has 10 nitrogen and oxygen atoms in total. The molecule has 0 bridgehead atoms. The summed E-state index contributed by atoms with van der Waals surface area (Å²) >= 11 is 0. The summed E-state index contributed by atoms with van der Waals surface area (Å²) in [6.45, 7) is 6.30. The highest BCUT2D eigenvalue weighted by Crippen LogP contribution is 2.23. The van der Waals surface area contributed by atoms with E-state index in [-0.39, 0.29) is 5.75 Å². The monoisotopic (exact) mass is 436 g/mol. The van der Waals surface area contributed by atoms with Crippen molar-refractivity contribution in [1.29, 1.82) is 0 Å². The number of nitrogens with one attached hydrogen (secondary N) is 1. The fourth-order valence-electron chi connectivity index (χ4n) is 3.51. The Morgan fingerprint density at radius 1 is 1.30 bits per heavy atom. The van der Waals surface area contributed by atoms with Crippen LogP contribution in [0.25, 0.3) is 0 Å². The van der Waals surface area contributed by atoms with E-state index in [4.69, 9.17) is 9.26 Å². The van der Waals surface area contributed by atoms with Crippen LogP contribution in [-0.4, -0.2) is 74.1 Å². The van der Waals surface area contributed by atoms with Gasteiger partial charge in [0.2, 0.25) is 10.0 Å². The zero-order chi connectivity index (χ0) is 21.7. The number of sulfonamides is 1. The number of methoxy groups -OCH3 is 1. The van der Waals surface area contributed by atoms with Crippen molar-refractivity contribution in [3.8, 4) is 5.75 Å². The first-order chi connectivity index (χ1) is 14.4. The van der Waals surface area contributed by atoms with Crippen LogP contribution in [0.2, 0.25) is 0 Å². The number of ether oxygens (including phenoxy) is 1. The molecule has 1 aliphatic rings. The predicted octanol–water partition coefficient (Wildman–Crippen LogP) is 0.918. The lowest BCUT2D eigenvalue weighted by Gasteiger charge is -2.35. The van der Waals surface area contributed by atoms with E-state index in [9.17, 15) is 8.42 Å². The van der Waals surface area contributed by atoms with Crippen LogP contribution in [0, 0.1) is 13.8 Å². The maximum Gasteiger partial charge on any atom is 0.220 e. The topological polar surface area (TPSA) is 113 Å². The molecule has 0 aromatic carbocycles. The van der Waals surface area contributed by atoms with Gasteiger partial charge < -0.3 is 19.5 Å². The Morgan fingerprint density at radius 3 is 2.63 bits per heavy atom. The van der Waals surface area contributed by atoms with Crippen LogP contribution < -0.4 is 10.1 Å². The fourth-order valence-corrected chi connectivity index (χ4v) is 4.94. The van der Waals surface area contributed by atoms with Gasteiger partial charge in [0.25, 0.3) is 0 Å². The number of rotatable bonds is 6. The molecule has 2 aromatic heterocycles. The van der Waals surface area contributed by atoms with Crippen molar-refractivity contribution in [2.75, 3.05) is 40.3 Å². The minimum absolute atomic E-state index is 0.156. The van der Waals surface area contributed by atoms with Crippen molar-refractivity contribution in [3.63, 3.8) is 0 Å². The molecule has 0 unspecified atom stereocenters. The second-order valence-corrected chi connectivity index (χ2v) is 9.05. The van der Waals surface area contributed by atoms with E-state index < -0.39 is 10.0 Å². The van der Waals surface area contributed by atoms with E-state index in [2.05, 4.69) is 20.4 Å². The standard InChI is InChI=1S/C19H28N6O4S/c1-14-11-21-17(15(2)18(14)28-4)12-22-19(20-3)24-6-8-25(9-7-24)30(26,27)13-16-5-10-29-23-16/h5,10-11H,6-9,12-13H2,1-4H3,(H,20,22). The molecule has 164 valence electrons. The minimum atomic E-state index is -3.43. The summed E-state index contributed by atoms with van der Waals surface area (Å²) in [5, 5.41) is 7.02. The molecule has 0 amide bonds. The lowest BCUT2D eigenvalue weighted by Crippen LogP contribution is -2.53. The predicted molar refractivity (Wildman–Crippen MR) is 113 cm³/mol. The highest BCUT2D eigenvalue weighted by molar-refractivity contribution is 7.88. The van der Waals surface area contributed by atoms with Crippen LogP contribution in [0.4, 0.5) is 0 Å². The first-order valence-electron chi connectivity index (χ1n) is 9.67. The summed E-state index contributed by atoms with van der Waals surface area (Å²) in [5.74, 6) is 1.39. The Bertz CT molecular complexity index is 983. The molecule has 0 spiro atoms. The first kappa shape index (κ1) is 22.0. The summed E-state index contributed by atoms with van der Waals surface area (Å²) < 4.78 is 36.9. The third kappa shape index (κ3) is 4.90. The molecule has 0 aliphatic carbocycles. The van der Waals surface area contributed by atoms with Crippen LogP contribution in [0.3, 0.4) is 0 Å². The Hall–Kier alpha value is -2.66. The van der Waals surface area contributed by atoms with Gasteiger partial charge in [0.1, 0.15) is 17.8 Å². The van der Waals surface area contributed by atoms with E-state index in [0.29, 0.717) is 44.4 Å². The second kappa shape index (κ2) is 9.43. The van der Waals surface area contributed by atoms with E-state index in [1.54, 1.807) is 26.4 Å². The number of pyridine rings is 1. The maximum atomic E-state index is 12.6. The number of hydrogen-bond donors (Lipinski definition) is 1. The summed E-state index contributed by atoms with van der Waals surface area (Å²) in [5.41, 5.74) is 3.27. The number of guanidine groups is 1. The van der Waals surface area contributed by atoms with Crippen LogP contribution in [0.15, 0.2) is 28.0 Å². The van der Waals surface area contributed by atoms with Gasteiger partial charge in [0.05, 0.1) is 25.0 Å². The fraction of sp³-hybridized carbons (Fsp3) is 0.526. The third-order valence-electron chi connectivity index (χ3n) is 5.13. The lowest BCUT2D eigenvalue weighted by atomic mass is 10.1. The van der Waals surface area contributed by atoms with Gasteiger partial charge in [-0.05, 0) is 13.8 Å². The zero-order valence-electron chi connectivity index (χ0n) is 17.8. The molecule has 3 rings (SSSR count). The van der Waals surface area contributed by atoms with E-state index >= 15 is 0 Å². The van der Waals surface area contributed by atoms with Crippen molar-refractivity contribution in [2.24, 2.45) is 4.99 Å². The highest BCUT2D eigenvalue weighted by Gasteiger charge is 2.29. The van der Waals surface area contributed by atoms with Crippen molar-refractivity contribution in [2.45, 2.75) is 26.1 Å². The summed E-state index contributed by atoms with van der Waals surface area (Å²) in [6, 6.07) is 1.57. The Kier molecular flexibility index (Phi) is 6.93. The molecular weight excluding hydrogens is 408 g/mol. The van der Waals surface area contributed by atoms with Gasteiger partial charge in [0, 0.05) is 56.6 Å². The molecule has 0 atom stereocenters. The second-order valence-electron chi connectivity index (χ2n) is 7.08. The summed E-state index contributed by atoms with van der Waals surface area (Å²) in [7, 11) is -0.0661. The van der Waals surface area contributed by atoms with Gasteiger partial charge in [-0.1, -0.05) is 5.16 Å². The summed E-state index contributed by atoms with van der Waals surface area (Å²) in [4.78, 5) is 10.9. The quantitative estimate of drug-likeness (QED) is 0.525. The minimum Gasteiger partial charge on any atom is -0.496 e. The van der Waals surface area contributed by atoms with Gasteiger partial charge >= 0.3 is 0 Å². The van der Waals surface area contributed by atoms with E-state index in [1.165, 1.54) is 10.6 Å². The van der Waals surface area contributed by atoms with Gasteiger partial charge in [-0.3, -0.25) is 9.98 Å². The van der Waals surface area contributed by atoms with Crippen molar-refractivity contribution in [1.82, 2.24) is 24.7 Å². The van der Waals surface area contributed by atoms with Crippen LogP contribution >= 0.6 is 0 Å². The molecule has 1 fully saturated rings. The van der Waals surface area contributed by atoms with Gasteiger partial charge in [-0.15, -0.1) is 0 Å². The molecule has 1 N–H and O–H groups in total. The van der Waals surface area contributed by atoms with Gasteiger partial charge in [-0.25, -0.2) is 8.42 Å². The smallest absolute Gasteiger partial charge is 0.220 e. The molecule has 30 heavy (non-hydrogen) atoms. The van der Waals surface area contributed by atoms with Crippen molar-refractivity contribution < 1.29 is 17.7 Å². The van der Waals surface area contributed by atoms with Crippen LogP contribution in [0.1, 0.15) is 22.5 Å². The Labute approximate surface area is 177 Å². The molecule has 0 radical (unpaired) electrons. The number of nitrogens with zero attached hydrogens (tertiary/aromatic N) is 5. The van der Waals surface area contributed by atoms with E-state index in [1.807, 2.05) is 18.7 Å². The molecule has 1 saturated heterocycles. The average molecular weight is 437 g/mol. The number of aliphatic imine (C=N–C) groups is 1. The van der Waals surface area contributed by atoms with E-state index in [0.717, 1.165) is 22.6 Å². The highest BCUT2D eigenvalue weighted by atomic mass is 32.2. The maximum absolute atomic E-state index is 12.6. The average Bonchev–Trinajstić information content (AvgIpc) is 3.23. The zero-order valence-corrected chi connectivity index (χ0v) is 18.6. The van der Waals surface area contributed by atoms with Gasteiger partial charge in [0.15, 0.2) is 5.96 Å². The molecule has 0 saturated carbocycles. The third-order valence-corrected chi connectivity index (χ3v) is 6.94. The SMILES string of the molecule is CN=C(NCc1ncc(C)c(OC)c1C)N1CCN(S(=O)(=O)Cc2ccon2)CC1. The molecular formula is C19H28N6O4S. The van der Waals surface area contributed by atoms with Crippen molar-refractivity contribution in [3.05, 3.63) is 41.0 Å². The number of hydrogen-bond acceptors (Lipinski definition) is 7. The normalized spacial score (nSPS) is 16.0. The van der Waals surface area contributed by atoms with Gasteiger partial charge in [-0.2, -0.15) is 4.31 Å². The molecule has 2 aromatic rings. The van der Waals surface area contributed by atoms with Crippen LogP contribution in [0.5, 0.6) is 5.75 Å². The first-order valence-corrected chi connectivity index (χ1v) is 11.3. The molecule has 11 heteroatoms. The number of piperazine rings is 1. The Morgan fingerprint density at radius 2 is 2.03 bits per heavy atom. The van der Waals surface area contributed by atoms with Crippen molar-refractivity contribution >= 4 is 16.0 Å². The molecule has 3 heterocycles. The summed E-state index contributed by atoms with van der Waals surface area (Å²) in [6.07, 6.45) is 3.17. The Balaban J connectivity index is 1.58. The number of aromatic nitrogens is 2.